The largest absolute Gasteiger partial charge is 0.465 e. The highest BCUT2D eigenvalue weighted by atomic mass is 16.5. The van der Waals surface area contributed by atoms with E-state index in [1.807, 2.05) is 12.1 Å². The van der Waals surface area contributed by atoms with Gasteiger partial charge in [0.15, 0.2) is 0 Å². The van der Waals surface area contributed by atoms with Crippen LogP contribution in [0.25, 0.3) is 0 Å². The van der Waals surface area contributed by atoms with Crippen LogP contribution >= 0.6 is 0 Å². The van der Waals surface area contributed by atoms with Crippen LogP contribution in [0.1, 0.15) is 47.2 Å². The predicted octanol–water partition coefficient (Wildman–Crippen LogP) is 4.45. The first-order valence-electron chi connectivity index (χ1n) is 10.4. The minimum Gasteiger partial charge on any atom is -0.465 e. The summed E-state index contributed by atoms with van der Waals surface area (Å²) in [5.74, 6) is -0.280. The van der Waals surface area contributed by atoms with E-state index in [-0.39, 0.29) is 5.92 Å². The molecule has 1 unspecified atom stereocenters. The molecular weight excluding hydrogens is 374 g/mol. The average molecular weight is 402 g/mol. The number of benzene rings is 2. The number of ether oxygens (including phenoxy) is 1. The fourth-order valence-corrected chi connectivity index (χ4v) is 4.52. The number of likely N-dealkylation sites (tertiary alicyclic amines) is 1. The highest BCUT2D eigenvalue weighted by Gasteiger charge is 2.42. The number of nitrogens with zero attached hydrogens (tertiary/aromatic N) is 3. The Hall–Kier alpha value is -3.15. The maximum absolute atomic E-state index is 12.0. The van der Waals surface area contributed by atoms with E-state index in [4.69, 9.17) is 4.74 Å². The summed E-state index contributed by atoms with van der Waals surface area (Å²) in [6.45, 7) is 2.72. The molecule has 0 aliphatic carbocycles. The fourth-order valence-electron chi connectivity index (χ4n) is 4.52. The SMILES string of the molecule is COC(=O)c1cccc(C(C#N)(CCC#N)C2CCN(Cc3ccccc3)CC2)c1. The average Bonchev–Trinajstić information content (AvgIpc) is 2.81. The minimum absolute atomic E-state index is 0.135. The molecule has 0 aromatic heterocycles. The standard InChI is InChI=1S/C25H27N3O2/c1-30-24(29)21-9-5-10-23(17-21)25(19-27,13-6-14-26)22-11-15-28(16-12-22)18-20-7-3-2-4-8-20/h2-5,7-10,17,22H,6,11-13,15-16,18H2,1H3. The number of carbonyl (C=O) groups excluding carboxylic acids is 1. The van der Waals surface area contributed by atoms with Gasteiger partial charge in [-0.15, -0.1) is 0 Å². The summed E-state index contributed by atoms with van der Waals surface area (Å²) in [5, 5.41) is 19.5. The van der Waals surface area contributed by atoms with Crippen LogP contribution in [0.2, 0.25) is 0 Å². The smallest absolute Gasteiger partial charge is 0.337 e. The Balaban J connectivity index is 1.82. The molecule has 5 heteroatoms. The third kappa shape index (κ3) is 4.70. The van der Waals surface area contributed by atoms with Gasteiger partial charge in [0.05, 0.1) is 30.2 Å². The number of hydrogen-bond acceptors (Lipinski definition) is 5. The summed E-state index contributed by atoms with van der Waals surface area (Å²) in [6, 6.07) is 22.3. The molecule has 0 spiro atoms. The molecule has 0 saturated carbocycles. The van der Waals surface area contributed by atoms with Crippen molar-refractivity contribution in [3.8, 4) is 12.1 Å². The van der Waals surface area contributed by atoms with E-state index < -0.39 is 11.4 Å². The maximum Gasteiger partial charge on any atom is 0.337 e. The van der Waals surface area contributed by atoms with Gasteiger partial charge in [-0.3, -0.25) is 4.90 Å². The van der Waals surface area contributed by atoms with Crippen LogP contribution in [0.5, 0.6) is 0 Å². The van der Waals surface area contributed by atoms with Crippen molar-refractivity contribution in [2.75, 3.05) is 20.2 Å². The number of hydrogen-bond donors (Lipinski definition) is 0. The topological polar surface area (TPSA) is 77.1 Å². The molecule has 0 N–H and O–H groups in total. The van der Waals surface area contributed by atoms with Gasteiger partial charge in [-0.2, -0.15) is 10.5 Å². The third-order valence-corrected chi connectivity index (χ3v) is 6.16. The quantitative estimate of drug-likeness (QED) is 0.641. The van der Waals surface area contributed by atoms with E-state index in [1.165, 1.54) is 12.7 Å². The molecule has 1 fully saturated rings. The van der Waals surface area contributed by atoms with Crippen molar-refractivity contribution < 1.29 is 9.53 Å². The highest BCUT2D eigenvalue weighted by molar-refractivity contribution is 5.89. The van der Waals surface area contributed by atoms with E-state index in [0.29, 0.717) is 18.4 Å². The summed E-state index contributed by atoms with van der Waals surface area (Å²) in [7, 11) is 1.35. The fraction of sp³-hybridized carbons (Fsp3) is 0.400. The van der Waals surface area contributed by atoms with Crippen molar-refractivity contribution in [2.45, 2.75) is 37.6 Å². The van der Waals surface area contributed by atoms with E-state index in [2.05, 4.69) is 41.3 Å². The van der Waals surface area contributed by atoms with Gasteiger partial charge in [-0.25, -0.2) is 4.79 Å². The number of methoxy groups -OCH3 is 1. The molecule has 3 rings (SSSR count). The lowest BCUT2D eigenvalue weighted by Gasteiger charge is -2.41. The Morgan fingerprint density at radius 3 is 2.50 bits per heavy atom. The lowest BCUT2D eigenvalue weighted by molar-refractivity contribution is 0.0600. The molecule has 2 aromatic carbocycles. The number of esters is 1. The molecule has 0 radical (unpaired) electrons. The van der Waals surface area contributed by atoms with E-state index >= 15 is 0 Å². The summed E-state index contributed by atoms with van der Waals surface area (Å²) in [5.41, 5.74) is 1.76. The number of piperidine rings is 1. The van der Waals surface area contributed by atoms with Gasteiger partial charge in [0.2, 0.25) is 0 Å². The van der Waals surface area contributed by atoms with Gasteiger partial charge in [0.25, 0.3) is 0 Å². The molecule has 1 aliphatic heterocycles. The minimum atomic E-state index is -0.779. The normalized spacial score (nSPS) is 16.8. The van der Waals surface area contributed by atoms with Gasteiger partial charge >= 0.3 is 5.97 Å². The van der Waals surface area contributed by atoms with E-state index in [0.717, 1.165) is 38.0 Å². The number of nitriles is 2. The van der Waals surface area contributed by atoms with Gasteiger partial charge in [0.1, 0.15) is 0 Å². The maximum atomic E-state index is 12.0. The van der Waals surface area contributed by atoms with Gasteiger partial charge < -0.3 is 4.74 Å². The predicted molar refractivity (Wildman–Crippen MR) is 114 cm³/mol. The van der Waals surface area contributed by atoms with Crippen LogP contribution < -0.4 is 0 Å². The van der Waals surface area contributed by atoms with Gasteiger partial charge in [-0.1, -0.05) is 42.5 Å². The van der Waals surface area contributed by atoms with Crippen molar-refractivity contribution in [2.24, 2.45) is 5.92 Å². The first-order chi connectivity index (χ1) is 14.6. The summed E-state index contributed by atoms with van der Waals surface area (Å²) in [6.07, 6.45) is 2.54. The zero-order chi connectivity index (χ0) is 21.4. The van der Waals surface area contributed by atoms with Crippen molar-refractivity contribution >= 4 is 5.97 Å². The Morgan fingerprint density at radius 2 is 1.87 bits per heavy atom. The van der Waals surface area contributed by atoms with Crippen molar-refractivity contribution in [3.63, 3.8) is 0 Å². The Morgan fingerprint density at radius 1 is 1.13 bits per heavy atom. The van der Waals surface area contributed by atoms with Crippen LogP contribution in [0.3, 0.4) is 0 Å². The van der Waals surface area contributed by atoms with Crippen molar-refractivity contribution in [1.29, 1.82) is 10.5 Å². The van der Waals surface area contributed by atoms with Crippen molar-refractivity contribution in [3.05, 3.63) is 71.3 Å². The molecule has 1 saturated heterocycles. The molecule has 0 amide bonds. The first-order valence-corrected chi connectivity index (χ1v) is 10.4. The summed E-state index contributed by atoms with van der Waals surface area (Å²) in [4.78, 5) is 14.4. The zero-order valence-electron chi connectivity index (χ0n) is 17.4. The van der Waals surface area contributed by atoms with E-state index in [9.17, 15) is 15.3 Å². The Labute approximate surface area is 178 Å². The number of carbonyl (C=O) groups is 1. The van der Waals surface area contributed by atoms with Crippen molar-refractivity contribution in [1.82, 2.24) is 4.90 Å². The Bertz CT molecular complexity index is 937. The lowest BCUT2D eigenvalue weighted by Crippen LogP contribution is -2.42. The second-order valence-corrected chi connectivity index (χ2v) is 7.85. The van der Waals surface area contributed by atoms with Gasteiger partial charge in [-0.05, 0) is 61.5 Å². The lowest BCUT2D eigenvalue weighted by atomic mass is 9.65. The van der Waals surface area contributed by atoms with Gasteiger partial charge in [0, 0.05) is 13.0 Å². The second-order valence-electron chi connectivity index (χ2n) is 7.85. The number of rotatable bonds is 7. The molecule has 1 atom stereocenters. The molecule has 154 valence electrons. The molecular formula is C25H27N3O2. The molecule has 0 bridgehead atoms. The highest BCUT2D eigenvalue weighted by Crippen LogP contribution is 2.42. The molecule has 1 aliphatic rings. The van der Waals surface area contributed by atoms with Crippen LogP contribution in [0, 0.1) is 28.6 Å². The van der Waals surface area contributed by atoms with Crippen LogP contribution in [-0.4, -0.2) is 31.1 Å². The molecule has 5 nitrogen and oxygen atoms in total. The molecule has 2 aromatic rings. The van der Waals surface area contributed by atoms with Crippen LogP contribution in [0.4, 0.5) is 0 Å². The third-order valence-electron chi connectivity index (χ3n) is 6.16. The second kappa shape index (κ2) is 10.1. The zero-order valence-corrected chi connectivity index (χ0v) is 17.4. The monoisotopic (exact) mass is 401 g/mol. The molecule has 30 heavy (non-hydrogen) atoms. The van der Waals surface area contributed by atoms with Crippen LogP contribution in [-0.2, 0) is 16.7 Å². The summed E-state index contributed by atoms with van der Waals surface area (Å²) >= 11 is 0. The van der Waals surface area contributed by atoms with E-state index in [1.54, 1.807) is 18.2 Å². The Kier molecular flexibility index (Phi) is 7.22. The first kappa shape index (κ1) is 21.6. The van der Waals surface area contributed by atoms with Crippen LogP contribution in [0.15, 0.2) is 54.6 Å². The summed E-state index contributed by atoms with van der Waals surface area (Å²) < 4.78 is 4.85. The molecule has 1 heterocycles.